The summed E-state index contributed by atoms with van der Waals surface area (Å²) in [5.74, 6) is 0. The van der Waals surface area contributed by atoms with Gasteiger partial charge >= 0.3 is 0 Å². The van der Waals surface area contributed by atoms with Crippen molar-refractivity contribution in [3.05, 3.63) is 45.8 Å². The van der Waals surface area contributed by atoms with Gasteiger partial charge in [-0.15, -0.1) is 11.3 Å². The van der Waals surface area contributed by atoms with E-state index in [1.54, 1.807) is 13.1 Å². The molecule has 0 aliphatic rings. The molecule has 2 N–H and O–H groups in total. The van der Waals surface area contributed by atoms with E-state index in [1.807, 2.05) is 39.0 Å². The molecule has 1 aromatic carbocycles. The predicted octanol–water partition coefficient (Wildman–Crippen LogP) is 2.96. The maximum Gasteiger partial charge on any atom is 0.273 e. The highest BCUT2D eigenvalue weighted by atomic mass is 32.2. The van der Waals surface area contributed by atoms with Gasteiger partial charge in [-0.05, 0) is 44.0 Å². The van der Waals surface area contributed by atoms with Crippen LogP contribution in [0.25, 0.3) is 0 Å². The maximum absolute atomic E-state index is 12.7. The van der Waals surface area contributed by atoms with Crippen molar-refractivity contribution in [2.45, 2.75) is 31.5 Å². The molecule has 1 heterocycles. The zero-order valence-electron chi connectivity index (χ0n) is 12.7. The highest BCUT2D eigenvalue weighted by Crippen LogP contribution is 2.31. The largest absolute Gasteiger partial charge is 0.326 e. The van der Waals surface area contributed by atoms with Crippen LogP contribution in [0.5, 0.6) is 0 Å². The number of anilines is 1. The Kier molecular flexibility index (Phi) is 4.41. The lowest BCUT2D eigenvalue weighted by Gasteiger charge is -2.20. The first-order valence-corrected chi connectivity index (χ1v) is 8.88. The van der Waals surface area contributed by atoms with E-state index in [-0.39, 0.29) is 0 Å². The van der Waals surface area contributed by atoms with Gasteiger partial charge in [0.2, 0.25) is 0 Å². The first-order valence-electron chi connectivity index (χ1n) is 6.63. The third kappa shape index (κ3) is 2.97. The summed E-state index contributed by atoms with van der Waals surface area (Å²) in [6.07, 6.45) is 0. The summed E-state index contributed by atoms with van der Waals surface area (Å²) in [6.45, 7) is 6.15. The number of nitrogens with two attached hydrogens (primary N) is 1. The summed E-state index contributed by atoms with van der Waals surface area (Å²) in [5, 5.41) is 0. The van der Waals surface area contributed by atoms with Gasteiger partial charge in [0.15, 0.2) is 0 Å². The van der Waals surface area contributed by atoms with Crippen molar-refractivity contribution < 1.29 is 8.42 Å². The van der Waals surface area contributed by atoms with Gasteiger partial charge in [-0.2, -0.15) is 0 Å². The molecule has 2 aromatic rings. The van der Waals surface area contributed by atoms with E-state index < -0.39 is 10.0 Å². The smallest absolute Gasteiger partial charge is 0.273 e. The molecule has 0 aliphatic carbocycles. The highest BCUT2D eigenvalue weighted by Gasteiger charge is 2.25. The molecule has 6 heteroatoms. The quantitative estimate of drug-likeness (QED) is 0.940. The molecule has 0 spiro atoms. The van der Waals surface area contributed by atoms with Crippen LogP contribution in [0, 0.1) is 20.8 Å². The van der Waals surface area contributed by atoms with Crippen molar-refractivity contribution in [2.24, 2.45) is 5.73 Å². The lowest BCUT2D eigenvalue weighted by Crippen LogP contribution is -2.26. The molecule has 0 atom stereocenters. The van der Waals surface area contributed by atoms with E-state index >= 15 is 0 Å². The van der Waals surface area contributed by atoms with Gasteiger partial charge in [0.1, 0.15) is 4.21 Å². The van der Waals surface area contributed by atoms with Gasteiger partial charge in [0.25, 0.3) is 10.0 Å². The summed E-state index contributed by atoms with van der Waals surface area (Å²) in [4.78, 5) is 0.905. The lowest BCUT2D eigenvalue weighted by molar-refractivity contribution is 0.596. The first-order chi connectivity index (χ1) is 9.77. The average molecular weight is 324 g/mol. The van der Waals surface area contributed by atoms with E-state index in [0.717, 1.165) is 21.6 Å². The van der Waals surface area contributed by atoms with Crippen molar-refractivity contribution in [1.82, 2.24) is 0 Å². The molecule has 4 nitrogen and oxygen atoms in total. The Hall–Kier alpha value is -1.37. The molecule has 0 unspecified atom stereocenters. The summed E-state index contributed by atoms with van der Waals surface area (Å²) >= 11 is 1.24. The van der Waals surface area contributed by atoms with Crippen molar-refractivity contribution in [1.29, 1.82) is 0 Å². The van der Waals surface area contributed by atoms with Crippen molar-refractivity contribution in [3.8, 4) is 0 Å². The lowest BCUT2D eigenvalue weighted by atomic mass is 10.1. The standard InChI is InChI=1S/C15H20N2O2S2/c1-10-5-6-13(11(2)7-10)17(4)21(18,19)15-8-12(3)14(9-16)20-15/h5-8H,9,16H2,1-4H3. The van der Waals surface area contributed by atoms with Crippen LogP contribution in [-0.4, -0.2) is 15.5 Å². The van der Waals surface area contributed by atoms with Crippen LogP contribution in [0.3, 0.4) is 0 Å². The van der Waals surface area contributed by atoms with Crippen LogP contribution >= 0.6 is 11.3 Å². The van der Waals surface area contributed by atoms with Crippen LogP contribution in [0.15, 0.2) is 28.5 Å². The molecule has 21 heavy (non-hydrogen) atoms. The van der Waals surface area contributed by atoms with Gasteiger partial charge in [-0.1, -0.05) is 17.7 Å². The number of nitrogens with zero attached hydrogens (tertiary/aromatic N) is 1. The fourth-order valence-electron chi connectivity index (χ4n) is 2.24. The van der Waals surface area contributed by atoms with Gasteiger partial charge in [-0.25, -0.2) is 8.42 Å². The van der Waals surface area contributed by atoms with Crippen LogP contribution in [0.1, 0.15) is 21.6 Å². The Bertz CT molecular complexity index is 764. The molecule has 0 bridgehead atoms. The second kappa shape index (κ2) is 5.79. The highest BCUT2D eigenvalue weighted by molar-refractivity contribution is 7.94. The molecule has 1 aromatic heterocycles. The predicted molar refractivity (Wildman–Crippen MR) is 88.5 cm³/mol. The Labute approximate surface area is 130 Å². The Morgan fingerprint density at radius 3 is 2.33 bits per heavy atom. The topological polar surface area (TPSA) is 63.4 Å². The molecule has 0 saturated carbocycles. The molecule has 0 aliphatic heterocycles. The second-order valence-corrected chi connectivity index (χ2v) is 8.47. The normalized spacial score (nSPS) is 11.7. The number of benzene rings is 1. The van der Waals surface area contributed by atoms with E-state index in [2.05, 4.69) is 0 Å². The zero-order valence-corrected chi connectivity index (χ0v) is 14.3. The number of sulfonamides is 1. The second-order valence-electron chi connectivity index (χ2n) is 5.14. The SMILES string of the molecule is Cc1ccc(N(C)S(=O)(=O)c2cc(C)c(CN)s2)c(C)c1. The summed E-state index contributed by atoms with van der Waals surface area (Å²) in [7, 11) is -1.96. The summed E-state index contributed by atoms with van der Waals surface area (Å²) < 4.78 is 27.2. The van der Waals surface area contributed by atoms with Crippen molar-refractivity contribution in [3.63, 3.8) is 0 Å². The third-order valence-electron chi connectivity index (χ3n) is 3.49. The molecule has 0 radical (unpaired) electrons. The third-order valence-corrected chi connectivity index (χ3v) is 6.97. The Balaban J connectivity index is 2.47. The van der Waals surface area contributed by atoms with E-state index in [9.17, 15) is 8.42 Å². The molecule has 2 rings (SSSR count). The molecular formula is C15H20N2O2S2. The molecular weight excluding hydrogens is 304 g/mol. The van der Waals surface area contributed by atoms with Crippen molar-refractivity contribution >= 4 is 27.0 Å². The van der Waals surface area contributed by atoms with E-state index in [0.29, 0.717) is 16.4 Å². The first kappa shape index (κ1) is 16.0. The molecule has 114 valence electrons. The summed E-state index contributed by atoms with van der Waals surface area (Å²) in [6, 6.07) is 7.43. The fourth-order valence-corrected chi connectivity index (χ4v) is 5.14. The molecule has 0 saturated heterocycles. The monoisotopic (exact) mass is 324 g/mol. The number of thiophene rings is 1. The van der Waals surface area contributed by atoms with Crippen LogP contribution < -0.4 is 10.0 Å². The molecule has 0 fully saturated rings. The van der Waals surface area contributed by atoms with Gasteiger partial charge < -0.3 is 5.73 Å². The van der Waals surface area contributed by atoms with E-state index in [1.165, 1.54) is 15.6 Å². The average Bonchev–Trinajstić information content (AvgIpc) is 2.80. The maximum atomic E-state index is 12.7. The Morgan fingerprint density at radius 2 is 1.81 bits per heavy atom. The van der Waals surface area contributed by atoms with E-state index in [4.69, 9.17) is 5.73 Å². The van der Waals surface area contributed by atoms with Crippen LogP contribution in [-0.2, 0) is 16.6 Å². The molecule has 0 amide bonds. The minimum absolute atomic E-state index is 0.336. The number of rotatable bonds is 4. The minimum Gasteiger partial charge on any atom is -0.326 e. The fraction of sp³-hybridized carbons (Fsp3) is 0.333. The van der Waals surface area contributed by atoms with Gasteiger partial charge in [0.05, 0.1) is 5.69 Å². The van der Waals surface area contributed by atoms with Crippen molar-refractivity contribution in [2.75, 3.05) is 11.4 Å². The number of aryl methyl sites for hydroxylation is 3. The van der Waals surface area contributed by atoms with Gasteiger partial charge in [-0.3, -0.25) is 4.31 Å². The number of hydrogen-bond acceptors (Lipinski definition) is 4. The van der Waals surface area contributed by atoms with Crippen LogP contribution in [0.4, 0.5) is 5.69 Å². The summed E-state index contributed by atoms with van der Waals surface area (Å²) in [5.41, 5.74) is 9.31. The minimum atomic E-state index is -3.54. The Morgan fingerprint density at radius 1 is 1.14 bits per heavy atom. The number of hydrogen-bond donors (Lipinski definition) is 1. The van der Waals surface area contributed by atoms with Crippen LogP contribution in [0.2, 0.25) is 0 Å². The zero-order chi connectivity index (χ0) is 15.8. The van der Waals surface area contributed by atoms with Gasteiger partial charge in [0, 0.05) is 18.5 Å².